The first kappa shape index (κ1) is 14.4. The van der Waals surface area contributed by atoms with E-state index < -0.39 is 0 Å². The van der Waals surface area contributed by atoms with Crippen LogP contribution >= 0.6 is 0 Å². The molecule has 1 aromatic rings. The Hall–Kier alpha value is -2.06. The van der Waals surface area contributed by atoms with Crippen molar-refractivity contribution in [3.63, 3.8) is 0 Å². The number of benzene rings is 1. The van der Waals surface area contributed by atoms with E-state index in [2.05, 4.69) is 23.6 Å². The molecule has 1 amide bonds. The Kier molecular flexibility index (Phi) is 4.97. The second-order valence-electron chi connectivity index (χ2n) is 4.81. The maximum absolute atomic E-state index is 11.3. The molecule has 0 aliphatic carbocycles. The van der Waals surface area contributed by atoms with E-state index >= 15 is 0 Å². The summed E-state index contributed by atoms with van der Waals surface area (Å²) in [6.07, 6.45) is 2.22. The van der Waals surface area contributed by atoms with Gasteiger partial charge in [0.1, 0.15) is 18.4 Å². The average molecular weight is 273 g/mol. The summed E-state index contributed by atoms with van der Waals surface area (Å²) in [5.74, 6) is 0.790. The molecule has 1 atom stereocenters. The number of aryl methyl sites for hydroxylation is 1. The Morgan fingerprint density at radius 3 is 3.10 bits per heavy atom. The number of fused-ring (bicyclic) bond motifs is 1. The molecule has 5 nitrogen and oxygen atoms in total. The van der Waals surface area contributed by atoms with Crippen LogP contribution in [0.2, 0.25) is 0 Å². The van der Waals surface area contributed by atoms with Gasteiger partial charge < -0.3 is 10.1 Å². The van der Waals surface area contributed by atoms with Crippen LogP contribution in [0, 0.1) is 11.3 Å². The molecule has 1 unspecified atom stereocenters. The number of ether oxygens (including phenoxy) is 1. The van der Waals surface area contributed by atoms with Crippen LogP contribution in [0.5, 0.6) is 5.75 Å². The van der Waals surface area contributed by atoms with Crippen LogP contribution in [0.25, 0.3) is 0 Å². The van der Waals surface area contributed by atoms with E-state index in [9.17, 15) is 4.79 Å². The Labute approximate surface area is 118 Å². The van der Waals surface area contributed by atoms with E-state index in [4.69, 9.17) is 10.00 Å². The van der Waals surface area contributed by atoms with Crippen LogP contribution in [0.4, 0.5) is 5.69 Å². The number of nitriles is 1. The third-order valence-electron chi connectivity index (χ3n) is 3.19. The van der Waals surface area contributed by atoms with Gasteiger partial charge in [0, 0.05) is 12.1 Å². The van der Waals surface area contributed by atoms with Crippen LogP contribution in [-0.2, 0) is 11.2 Å². The molecule has 2 rings (SSSR count). The Balaban J connectivity index is 1.94. The minimum Gasteiger partial charge on any atom is -0.491 e. The monoisotopic (exact) mass is 273 g/mol. The highest BCUT2D eigenvalue weighted by Gasteiger charge is 2.15. The maximum atomic E-state index is 11.3. The van der Waals surface area contributed by atoms with E-state index in [1.807, 2.05) is 18.2 Å². The Morgan fingerprint density at radius 2 is 2.35 bits per heavy atom. The molecule has 2 N–H and O–H groups in total. The summed E-state index contributed by atoms with van der Waals surface area (Å²) in [4.78, 5) is 11.3. The first-order chi connectivity index (χ1) is 9.72. The number of hydrogen-bond donors (Lipinski definition) is 2. The molecule has 1 aliphatic rings. The number of anilines is 1. The lowest BCUT2D eigenvalue weighted by molar-refractivity contribution is -0.116. The standard InChI is InChI=1S/C15H19N3O2/c1-2-7-17-12(9-16)10-20-13-4-5-14-11(8-13)3-6-15(19)18-14/h4-5,8,12,17H,2-3,6-7,10H2,1H3,(H,18,19). The lowest BCUT2D eigenvalue weighted by Gasteiger charge is -2.18. The third-order valence-corrected chi connectivity index (χ3v) is 3.19. The van der Waals surface area contributed by atoms with Gasteiger partial charge in [-0.3, -0.25) is 10.1 Å². The highest BCUT2D eigenvalue weighted by molar-refractivity contribution is 5.93. The van der Waals surface area contributed by atoms with Gasteiger partial charge in [0.15, 0.2) is 0 Å². The first-order valence-electron chi connectivity index (χ1n) is 6.91. The van der Waals surface area contributed by atoms with Gasteiger partial charge in [0.2, 0.25) is 5.91 Å². The lowest BCUT2D eigenvalue weighted by Crippen LogP contribution is -2.33. The number of nitrogens with one attached hydrogen (secondary N) is 2. The molecule has 1 heterocycles. The van der Waals surface area contributed by atoms with Gasteiger partial charge in [-0.15, -0.1) is 0 Å². The summed E-state index contributed by atoms with van der Waals surface area (Å²) in [7, 11) is 0. The molecule has 0 aromatic heterocycles. The number of amides is 1. The Bertz CT molecular complexity index is 522. The van der Waals surface area contributed by atoms with Crippen molar-refractivity contribution in [2.75, 3.05) is 18.5 Å². The topological polar surface area (TPSA) is 74.1 Å². The largest absolute Gasteiger partial charge is 0.491 e. The van der Waals surface area contributed by atoms with Crippen LogP contribution in [0.1, 0.15) is 25.3 Å². The molecule has 5 heteroatoms. The second-order valence-corrected chi connectivity index (χ2v) is 4.81. The van der Waals surface area contributed by atoms with Gasteiger partial charge in [0.25, 0.3) is 0 Å². The first-order valence-corrected chi connectivity index (χ1v) is 6.91. The van der Waals surface area contributed by atoms with Gasteiger partial charge in [-0.05, 0) is 43.1 Å². The Morgan fingerprint density at radius 1 is 1.50 bits per heavy atom. The smallest absolute Gasteiger partial charge is 0.224 e. The van der Waals surface area contributed by atoms with Gasteiger partial charge in [-0.2, -0.15) is 5.26 Å². The fourth-order valence-electron chi connectivity index (χ4n) is 2.09. The van der Waals surface area contributed by atoms with Crippen molar-refractivity contribution in [1.29, 1.82) is 5.26 Å². The van der Waals surface area contributed by atoms with E-state index in [0.29, 0.717) is 13.0 Å². The van der Waals surface area contributed by atoms with Crippen molar-refractivity contribution >= 4 is 11.6 Å². The molecule has 0 bridgehead atoms. The third kappa shape index (κ3) is 3.72. The van der Waals surface area contributed by atoms with Crippen molar-refractivity contribution in [3.8, 4) is 11.8 Å². The van der Waals surface area contributed by atoms with Crippen LogP contribution < -0.4 is 15.4 Å². The predicted molar refractivity (Wildman–Crippen MR) is 76.6 cm³/mol. The summed E-state index contributed by atoms with van der Waals surface area (Å²) in [5.41, 5.74) is 1.94. The SMILES string of the molecule is CCCNC(C#N)COc1ccc2c(c1)CCC(=O)N2. The number of hydrogen-bond acceptors (Lipinski definition) is 4. The van der Waals surface area contributed by atoms with Gasteiger partial charge in [-0.1, -0.05) is 6.92 Å². The van der Waals surface area contributed by atoms with Crippen molar-refractivity contribution in [3.05, 3.63) is 23.8 Å². The molecule has 0 fully saturated rings. The van der Waals surface area contributed by atoms with Crippen molar-refractivity contribution in [1.82, 2.24) is 5.32 Å². The zero-order valence-electron chi connectivity index (χ0n) is 11.6. The fourth-order valence-corrected chi connectivity index (χ4v) is 2.09. The molecule has 0 saturated carbocycles. The quantitative estimate of drug-likeness (QED) is 0.829. The van der Waals surface area contributed by atoms with E-state index in [1.165, 1.54) is 0 Å². The highest BCUT2D eigenvalue weighted by atomic mass is 16.5. The summed E-state index contributed by atoms with van der Waals surface area (Å²) in [6, 6.07) is 7.48. The fraction of sp³-hybridized carbons (Fsp3) is 0.467. The molecule has 20 heavy (non-hydrogen) atoms. The summed E-state index contributed by atoms with van der Waals surface area (Å²) in [6.45, 7) is 3.18. The normalized spacial score (nSPS) is 14.9. The molecule has 0 spiro atoms. The van der Waals surface area contributed by atoms with Crippen molar-refractivity contribution in [2.45, 2.75) is 32.2 Å². The van der Waals surface area contributed by atoms with Crippen molar-refractivity contribution in [2.24, 2.45) is 0 Å². The van der Waals surface area contributed by atoms with E-state index in [0.717, 1.165) is 36.4 Å². The van der Waals surface area contributed by atoms with Crippen LogP contribution in [0.15, 0.2) is 18.2 Å². The molecule has 106 valence electrons. The lowest BCUT2D eigenvalue weighted by atomic mass is 10.0. The van der Waals surface area contributed by atoms with Crippen LogP contribution in [0.3, 0.4) is 0 Å². The van der Waals surface area contributed by atoms with E-state index in [-0.39, 0.29) is 11.9 Å². The zero-order valence-corrected chi connectivity index (χ0v) is 11.6. The second kappa shape index (κ2) is 6.92. The van der Waals surface area contributed by atoms with Crippen molar-refractivity contribution < 1.29 is 9.53 Å². The molecule has 1 aliphatic heterocycles. The van der Waals surface area contributed by atoms with Gasteiger partial charge in [0.05, 0.1) is 6.07 Å². The zero-order chi connectivity index (χ0) is 14.4. The molecular formula is C15H19N3O2. The molecule has 1 aromatic carbocycles. The number of carbonyl (C=O) groups excluding carboxylic acids is 1. The van der Waals surface area contributed by atoms with Gasteiger partial charge >= 0.3 is 0 Å². The number of rotatable bonds is 6. The molecule has 0 radical (unpaired) electrons. The number of nitrogens with zero attached hydrogens (tertiary/aromatic N) is 1. The summed E-state index contributed by atoms with van der Waals surface area (Å²) < 4.78 is 5.65. The highest BCUT2D eigenvalue weighted by Crippen LogP contribution is 2.26. The molecular weight excluding hydrogens is 254 g/mol. The number of carbonyl (C=O) groups is 1. The minimum absolute atomic E-state index is 0.0551. The summed E-state index contributed by atoms with van der Waals surface area (Å²) in [5, 5.41) is 15.0. The average Bonchev–Trinajstić information content (AvgIpc) is 2.47. The molecule has 0 saturated heterocycles. The van der Waals surface area contributed by atoms with E-state index in [1.54, 1.807) is 0 Å². The predicted octanol–water partition coefficient (Wildman–Crippen LogP) is 1.84. The maximum Gasteiger partial charge on any atom is 0.224 e. The summed E-state index contributed by atoms with van der Waals surface area (Å²) >= 11 is 0. The minimum atomic E-state index is -0.300. The van der Waals surface area contributed by atoms with Gasteiger partial charge in [-0.25, -0.2) is 0 Å². The van der Waals surface area contributed by atoms with Crippen LogP contribution in [-0.4, -0.2) is 25.1 Å².